The molecule has 162 valence electrons. The number of nitrogens with one attached hydrogen (secondary N) is 1. The first-order valence-corrected chi connectivity index (χ1v) is 12.0. The monoisotopic (exact) mass is 420 g/mol. The van der Waals surface area contributed by atoms with Gasteiger partial charge in [-0.25, -0.2) is 9.48 Å². The van der Waals surface area contributed by atoms with Gasteiger partial charge >= 0.3 is 6.03 Å². The number of nitrogens with zero attached hydrogens (tertiary/aromatic N) is 3. The molecule has 4 aliphatic rings. The summed E-state index contributed by atoms with van der Waals surface area (Å²) in [7, 11) is 0. The van der Waals surface area contributed by atoms with Crippen LogP contribution in [0.25, 0.3) is 0 Å². The van der Waals surface area contributed by atoms with E-state index in [1.165, 1.54) is 30.6 Å². The summed E-state index contributed by atoms with van der Waals surface area (Å²) in [6, 6.07) is -0.241. The van der Waals surface area contributed by atoms with Crippen molar-refractivity contribution in [2.45, 2.75) is 84.8 Å². The van der Waals surface area contributed by atoms with Gasteiger partial charge in [-0.2, -0.15) is 10.1 Å². The summed E-state index contributed by atoms with van der Waals surface area (Å²) in [4.78, 5) is 17.7. The van der Waals surface area contributed by atoms with Crippen LogP contribution >= 0.6 is 11.3 Å². The molecule has 29 heavy (non-hydrogen) atoms. The predicted molar refractivity (Wildman–Crippen MR) is 115 cm³/mol. The average molecular weight is 421 g/mol. The van der Waals surface area contributed by atoms with Crippen LogP contribution in [0.1, 0.15) is 71.7 Å². The fourth-order valence-electron chi connectivity index (χ4n) is 5.35. The molecule has 4 atom stereocenters. The molecule has 1 aromatic rings. The molecule has 0 aromatic carbocycles. The van der Waals surface area contributed by atoms with E-state index in [0.29, 0.717) is 22.7 Å². The number of rotatable bonds is 4. The fraction of sp³-hybridized carbons (Fsp3) is 0.864. The molecule has 0 spiro atoms. The fourth-order valence-corrected chi connectivity index (χ4v) is 6.32. The molecular weight excluding hydrogens is 384 g/mol. The zero-order chi connectivity index (χ0) is 20.8. The number of carbonyl (C=O) groups is 1. The van der Waals surface area contributed by atoms with Crippen molar-refractivity contribution in [1.29, 1.82) is 0 Å². The zero-order valence-electron chi connectivity index (χ0n) is 18.5. The Kier molecular flexibility index (Phi) is 5.66. The first-order valence-electron chi connectivity index (χ1n) is 11.2. The largest absolute Gasteiger partial charge is 0.376 e. The lowest BCUT2D eigenvalue weighted by Gasteiger charge is -2.60. The van der Waals surface area contributed by atoms with Crippen molar-refractivity contribution in [2.24, 2.45) is 28.2 Å². The first-order chi connectivity index (χ1) is 13.6. The van der Waals surface area contributed by atoms with Crippen LogP contribution in [0.5, 0.6) is 0 Å². The number of hydrogen-bond acceptors (Lipinski definition) is 4. The molecule has 1 saturated heterocycles. The Morgan fingerprint density at radius 1 is 1.34 bits per heavy atom. The molecular formula is C22H36N4O2S. The normalized spacial score (nSPS) is 31.6. The molecule has 3 saturated carbocycles. The molecule has 1 aliphatic heterocycles. The number of aromatic nitrogens is 2. The van der Waals surface area contributed by atoms with Crippen LogP contribution in [0.15, 0.2) is 4.99 Å². The number of amides is 2. The van der Waals surface area contributed by atoms with Gasteiger partial charge in [-0.05, 0) is 55.3 Å². The SMILES string of the molecule is CC(C)(C)c1nn(C[C@H]2CCCO2)c(=NC(=O)NC[C@@H]2CC[C@H]3C[C@@H]2C3(C)C)s1. The van der Waals surface area contributed by atoms with Crippen molar-refractivity contribution in [3.8, 4) is 0 Å². The molecule has 4 fully saturated rings. The second-order valence-corrected chi connectivity index (χ2v) is 11.7. The molecule has 7 heteroatoms. The molecule has 6 nitrogen and oxygen atoms in total. The molecule has 3 aliphatic carbocycles. The molecule has 5 rings (SSSR count). The van der Waals surface area contributed by atoms with Gasteiger partial charge in [0.05, 0.1) is 12.6 Å². The Morgan fingerprint density at radius 2 is 2.14 bits per heavy atom. The van der Waals surface area contributed by atoms with Gasteiger partial charge in [0.25, 0.3) is 0 Å². The highest BCUT2D eigenvalue weighted by Gasteiger charge is 2.53. The summed E-state index contributed by atoms with van der Waals surface area (Å²) in [5, 5.41) is 8.85. The minimum Gasteiger partial charge on any atom is -0.376 e. The van der Waals surface area contributed by atoms with Gasteiger partial charge in [0.15, 0.2) is 0 Å². The van der Waals surface area contributed by atoms with Crippen LogP contribution in [-0.4, -0.2) is 35.1 Å². The van der Waals surface area contributed by atoms with Gasteiger partial charge in [-0.1, -0.05) is 46.0 Å². The smallest absolute Gasteiger partial charge is 0.343 e. The van der Waals surface area contributed by atoms with Crippen molar-refractivity contribution >= 4 is 17.4 Å². The number of urea groups is 1. The van der Waals surface area contributed by atoms with Gasteiger partial charge in [0, 0.05) is 18.6 Å². The summed E-state index contributed by atoms with van der Waals surface area (Å²) < 4.78 is 7.65. The standard InChI is InChI=1S/C22H36N4O2S/c1-21(2,3)18-25-26(13-16-7-6-10-28-16)20(29-18)24-19(27)23-12-14-8-9-15-11-17(14)22(15,4)5/h14-17H,6-13H2,1-5H3,(H,23,27)/t14-,15-,16+,17-/m0/s1. The molecule has 0 unspecified atom stereocenters. The number of carbonyl (C=O) groups excluding carboxylic acids is 1. The maximum Gasteiger partial charge on any atom is 0.343 e. The third-order valence-corrected chi connectivity index (χ3v) is 8.75. The Hall–Kier alpha value is -1.21. The molecule has 2 bridgehead atoms. The minimum atomic E-state index is -0.241. The Bertz CT molecular complexity index is 812. The highest BCUT2D eigenvalue weighted by atomic mass is 32.1. The zero-order valence-corrected chi connectivity index (χ0v) is 19.3. The second-order valence-electron chi connectivity index (χ2n) is 10.8. The van der Waals surface area contributed by atoms with Gasteiger partial charge in [0.1, 0.15) is 5.01 Å². The lowest BCUT2D eigenvalue weighted by molar-refractivity contribution is -0.103. The summed E-state index contributed by atoms with van der Waals surface area (Å²) in [6.45, 7) is 13.4. The molecule has 2 heterocycles. The van der Waals surface area contributed by atoms with Crippen LogP contribution < -0.4 is 10.1 Å². The van der Waals surface area contributed by atoms with Crippen molar-refractivity contribution in [2.75, 3.05) is 13.2 Å². The Morgan fingerprint density at radius 3 is 2.76 bits per heavy atom. The van der Waals surface area contributed by atoms with Crippen LogP contribution in [0.2, 0.25) is 0 Å². The van der Waals surface area contributed by atoms with Gasteiger partial charge in [0.2, 0.25) is 4.80 Å². The maximum atomic E-state index is 12.6. The van der Waals surface area contributed by atoms with E-state index in [4.69, 9.17) is 9.84 Å². The number of ether oxygens (including phenoxy) is 1. The molecule has 1 N–H and O–H groups in total. The van der Waals surface area contributed by atoms with Crippen molar-refractivity contribution in [3.63, 3.8) is 0 Å². The predicted octanol–water partition coefficient (Wildman–Crippen LogP) is 4.10. The summed E-state index contributed by atoms with van der Waals surface area (Å²) in [6.07, 6.45) is 6.16. The Labute approximate surface area is 178 Å². The Balaban J connectivity index is 1.45. The van der Waals surface area contributed by atoms with E-state index in [0.717, 1.165) is 42.8 Å². The summed E-state index contributed by atoms with van der Waals surface area (Å²) in [5.74, 6) is 2.20. The van der Waals surface area contributed by atoms with E-state index >= 15 is 0 Å². The van der Waals surface area contributed by atoms with Gasteiger partial charge in [-0.3, -0.25) is 0 Å². The van der Waals surface area contributed by atoms with E-state index in [1.807, 2.05) is 4.68 Å². The topological polar surface area (TPSA) is 68.5 Å². The minimum absolute atomic E-state index is 0.0678. The van der Waals surface area contributed by atoms with Gasteiger partial charge in [-0.15, -0.1) is 0 Å². The lowest BCUT2D eigenvalue weighted by atomic mass is 9.45. The van der Waals surface area contributed by atoms with Crippen LogP contribution in [0.3, 0.4) is 0 Å². The van der Waals surface area contributed by atoms with Crippen LogP contribution in [0, 0.1) is 23.2 Å². The summed E-state index contributed by atoms with van der Waals surface area (Å²) >= 11 is 1.52. The van der Waals surface area contributed by atoms with E-state index in [2.05, 4.69) is 44.9 Å². The number of hydrogen-bond donors (Lipinski definition) is 1. The van der Waals surface area contributed by atoms with Gasteiger partial charge < -0.3 is 10.1 Å². The van der Waals surface area contributed by atoms with Crippen molar-refractivity contribution in [3.05, 3.63) is 9.81 Å². The third-order valence-electron chi connectivity index (χ3n) is 7.38. The lowest BCUT2D eigenvalue weighted by Crippen LogP contribution is -2.54. The molecule has 1 aromatic heterocycles. The van der Waals surface area contributed by atoms with Crippen LogP contribution in [-0.2, 0) is 16.7 Å². The highest BCUT2D eigenvalue weighted by Crippen LogP contribution is 2.61. The van der Waals surface area contributed by atoms with E-state index < -0.39 is 0 Å². The number of fused-ring (bicyclic) bond motifs is 2. The van der Waals surface area contributed by atoms with Crippen molar-refractivity contribution < 1.29 is 9.53 Å². The van der Waals surface area contributed by atoms with Crippen LogP contribution in [0.4, 0.5) is 4.79 Å². The second kappa shape index (κ2) is 7.80. The molecule has 2 amide bonds. The van der Waals surface area contributed by atoms with E-state index in [9.17, 15) is 4.79 Å². The van der Waals surface area contributed by atoms with Crippen molar-refractivity contribution in [1.82, 2.24) is 15.1 Å². The average Bonchev–Trinajstić information content (AvgIpc) is 3.30. The van der Waals surface area contributed by atoms with E-state index in [1.54, 1.807) is 0 Å². The third kappa shape index (κ3) is 4.31. The van der Waals surface area contributed by atoms with E-state index in [-0.39, 0.29) is 17.6 Å². The first kappa shape index (κ1) is 21.0. The quantitative estimate of drug-likeness (QED) is 0.797. The highest BCUT2D eigenvalue weighted by molar-refractivity contribution is 7.09. The molecule has 0 radical (unpaired) electrons. The summed E-state index contributed by atoms with van der Waals surface area (Å²) in [5.41, 5.74) is 0.371. The maximum absolute atomic E-state index is 12.6.